The van der Waals surface area contributed by atoms with Crippen LogP contribution in [0.15, 0.2) is 24.3 Å². The van der Waals surface area contributed by atoms with E-state index in [1.807, 2.05) is 13.0 Å². The maximum atomic E-state index is 10.9. The average Bonchev–Trinajstić information content (AvgIpc) is 2.65. The highest BCUT2D eigenvalue weighted by Crippen LogP contribution is 2.39. The third kappa shape index (κ3) is 2.32. The van der Waals surface area contributed by atoms with Crippen LogP contribution in [0.3, 0.4) is 0 Å². The lowest BCUT2D eigenvalue weighted by molar-refractivity contribution is 0.0702. The van der Waals surface area contributed by atoms with E-state index in [-0.39, 0.29) is 0 Å². The molecule has 1 aromatic heterocycles. The molecule has 0 unspecified atom stereocenters. The second kappa shape index (κ2) is 4.69. The zero-order valence-corrected chi connectivity index (χ0v) is 11.2. The first-order valence-electron chi connectivity index (χ1n) is 4.79. The number of aromatic carboxylic acids is 1. The number of hydrogen-bond acceptors (Lipinski definition) is 2. The fraction of sp³-hybridized carbons (Fsp3) is 0.0833. The topological polar surface area (TPSA) is 37.3 Å². The normalized spacial score (nSPS) is 10.5. The predicted octanol–water partition coefficient (Wildman–Crippen LogP) is 4.73. The van der Waals surface area contributed by atoms with Crippen molar-refractivity contribution in [2.24, 2.45) is 0 Å². The first-order chi connectivity index (χ1) is 8.00. The molecule has 5 heteroatoms. The van der Waals surface area contributed by atoms with Crippen molar-refractivity contribution >= 4 is 40.5 Å². The summed E-state index contributed by atoms with van der Waals surface area (Å²) in [5.74, 6) is -0.928. The zero-order chi connectivity index (χ0) is 12.6. The van der Waals surface area contributed by atoms with E-state index in [0.29, 0.717) is 14.9 Å². The fourth-order valence-corrected chi connectivity index (χ4v) is 3.03. The summed E-state index contributed by atoms with van der Waals surface area (Å²) in [7, 11) is 0. The van der Waals surface area contributed by atoms with E-state index in [2.05, 4.69) is 0 Å². The minimum Gasteiger partial charge on any atom is -0.477 e. The summed E-state index contributed by atoms with van der Waals surface area (Å²) in [4.78, 5) is 12.0. The number of benzene rings is 1. The lowest BCUT2D eigenvalue weighted by atomic mass is 10.1. The molecule has 0 bridgehead atoms. The Hall–Kier alpha value is -1.03. The van der Waals surface area contributed by atoms with Crippen molar-refractivity contribution in [3.05, 3.63) is 44.8 Å². The molecule has 0 atom stereocenters. The number of hydrogen-bond donors (Lipinski definition) is 1. The number of thiophene rings is 1. The highest BCUT2D eigenvalue weighted by molar-refractivity contribution is 7.17. The van der Waals surface area contributed by atoms with Gasteiger partial charge in [0.15, 0.2) is 0 Å². The maximum Gasteiger partial charge on any atom is 0.345 e. The molecular formula is C12H8Cl2O2S. The molecule has 0 spiro atoms. The van der Waals surface area contributed by atoms with E-state index < -0.39 is 5.97 Å². The second-order valence-electron chi connectivity index (χ2n) is 3.53. The van der Waals surface area contributed by atoms with E-state index in [0.717, 1.165) is 16.0 Å². The first kappa shape index (κ1) is 12.4. The van der Waals surface area contributed by atoms with Gasteiger partial charge in [0.25, 0.3) is 0 Å². The molecule has 0 aliphatic heterocycles. The van der Waals surface area contributed by atoms with Crippen LogP contribution in [-0.4, -0.2) is 11.1 Å². The van der Waals surface area contributed by atoms with E-state index in [9.17, 15) is 4.79 Å². The zero-order valence-electron chi connectivity index (χ0n) is 8.83. The predicted molar refractivity (Wildman–Crippen MR) is 71.5 cm³/mol. The molecule has 0 radical (unpaired) electrons. The van der Waals surface area contributed by atoms with Crippen LogP contribution in [0.25, 0.3) is 10.4 Å². The third-order valence-electron chi connectivity index (χ3n) is 2.32. The van der Waals surface area contributed by atoms with Crippen LogP contribution in [0.2, 0.25) is 10.0 Å². The van der Waals surface area contributed by atoms with Gasteiger partial charge in [0.05, 0.1) is 10.0 Å². The van der Waals surface area contributed by atoms with E-state index >= 15 is 0 Å². The minimum absolute atomic E-state index is 0.300. The summed E-state index contributed by atoms with van der Waals surface area (Å²) in [5.41, 5.74) is 1.66. The number of rotatable bonds is 2. The van der Waals surface area contributed by atoms with Crippen LogP contribution in [0.4, 0.5) is 0 Å². The molecule has 2 rings (SSSR count). The van der Waals surface area contributed by atoms with E-state index in [1.165, 1.54) is 11.3 Å². The lowest BCUT2D eigenvalue weighted by Gasteiger charge is -2.04. The van der Waals surface area contributed by atoms with Gasteiger partial charge in [-0.3, -0.25) is 0 Å². The van der Waals surface area contributed by atoms with Crippen LogP contribution in [0.5, 0.6) is 0 Å². The average molecular weight is 287 g/mol. The Balaban J connectivity index is 2.60. The third-order valence-corrected chi connectivity index (χ3v) is 4.40. The van der Waals surface area contributed by atoms with Gasteiger partial charge in [0.2, 0.25) is 0 Å². The minimum atomic E-state index is -0.928. The molecule has 0 saturated heterocycles. The van der Waals surface area contributed by atoms with E-state index in [4.69, 9.17) is 28.3 Å². The highest BCUT2D eigenvalue weighted by atomic mass is 35.5. The van der Waals surface area contributed by atoms with Gasteiger partial charge in [0, 0.05) is 10.4 Å². The molecule has 0 saturated carbocycles. The SMILES string of the molecule is Cc1cc(C(=O)O)sc1-c1cccc(Cl)c1Cl. The van der Waals surface area contributed by atoms with Crippen molar-refractivity contribution in [2.75, 3.05) is 0 Å². The molecule has 2 nitrogen and oxygen atoms in total. The highest BCUT2D eigenvalue weighted by Gasteiger charge is 2.15. The smallest absolute Gasteiger partial charge is 0.345 e. The standard InChI is InChI=1S/C12H8Cl2O2S/c1-6-5-9(12(15)16)17-11(6)7-3-2-4-8(13)10(7)14/h2-5H,1H3,(H,15,16). The summed E-state index contributed by atoms with van der Waals surface area (Å²) in [6.07, 6.45) is 0. The Kier molecular flexibility index (Phi) is 3.43. The molecule has 2 aromatic rings. The van der Waals surface area contributed by atoms with Crippen molar-refractivity contribution in [1.29, 1.82) is 0 Å². The molecule has 0 fully saturated rings. The van der Waals surface area contributed by atoms with Crippen LogP contribution in [0.1, 0.15) is 15.2 Å². The summed E-state index contributed by atoms with van der Waals surface area (Å²) >= 11 is 13.3. The Morgan fingerprint density at radius 2 is 2.06 bits per heavy atom. The summed E-state index contributed by atoms with van der Waals surface area (Å²) in [6, 6.07) is 6.97. The molecule has 0 amide bonds. The molecule has 88 valence electrons. The Morgan fingerprint density at radius 3 is 2.65 bits per heavy atom. The monoisotopic (exact) mass is 286 g/mol. The Morgan fingerprint density at radius 1 is 1.35 bits per heavy atom. The van der Waals surface area contributed by atoms with Gasteiger partial charge in [-0.25, -0.2) is 4.79 Å². The second-order valence-corrected chi connectivity index (χ2v) is 5.37. The molecular weight excluding hydrogens is 279 g/mol. The molecule has 1 aromatic carbocycles. The van der Waals surface area contributed by atoms with Gasteiger partial charge >= 0.3 is 5.97 Å². The summed E-state index contributed by atoms with van der Waals surface area (Å²) in [5, 5.41) is 9.87. The molecule has 0 aliphatic carbocycles. The number of halogens is 2. The van der Waals surface area contributed by atoms with Gasteiger partial charge in [-0.05, 0) is 24.6 Å². The van der Waals surface area contributed by atoms with E-state index in [1.54, 1.807) is 18.2 Å². The number of carboxylic acid groups (broad SMARTS) is 1. The number of aryl methyl sites for hydroxylation is 1. The maximum absolute atomic E-state index is 10.9. The Bertz CT molecular complexity index is 590. The number of carboxylic acids is 1. The molecule has 1 N–H and O–H groups in total. The number of carbonyl (C=O) groups is 1. The van der Waals surface area contributed by atoms with Gasteiger partial charge in [-0.1, -0.05) is 35.3 Å². The van der Waals surface area contributed by atoms with Gasteiger partial charge in [-0.2, -0.15) is 0 Å². The molecule has 0 aliphatic rings. The van der Waals surface area contributed by atoms with Crippen molar-refractivity contribution in [1.82, 2.24) is 0 Å². The molecule has 1 heterocycles. The quantitative estimate of drug-likeness (QED) is 0.867. The van der Waals surface area contributed by atoms with Crippen LogP contribution >= 0.6 is 34.5 Å². The van der Waals surface area contributed by atoms with Crippen molar-refractivity contribution < 1.29 is 9.90 Å². The van der Waals surface area contributed by atoms with Crippen molar-refractivity contribution in [2.45, 2.75) is 6.92 Å². The first-order valence-corrected chi connectivity index (χ1v) is 6.36. The Labute approximate surface area is 112 Å². The van der Waals surface area contributed by atoms with Crippen LogP contribution < -0.4 is 0 Å². The van der Waals surface area contributed by atoms with Gasteiger partial charge in [-0.15, -0.1) is 11.3 Å². The fourth-order valence-electron chi connectivity index (χ4n) is 1.53. The van der Waals surface area contributed by atoms with Crippen LogP contribution in [0, 0.1) is 6.92 Å². The van der Waals surface area contributed by atoms with Crippen LogP contribution in [-0.2, 0) is 0 Å². The lowest BCUT2D eigenvalue weighted by Crippen LogP contribution is -1.89. The molecule has 17 heavy (non-hydrogen) atoms. The van der Waals surface area contributed by atoms with Gasteiger partial charge in [0.1, 0.15) is 4.88 Å². The van der Waals surface area contributed by atoms with Gasteiger partial charge < -0.3 is 5.11 Å². The summed E-state index contributed by atoms with van der Waals surface area (Å²) < 4.78 is 0. The summed E-state index contributed by atoms with van der Waals surface area (Å²) in [6.45, 7) is 1.86. The van der Waals surface area contributed by atoms with Crippen molar-refractivity contribution in [3.8, 4) is 10.4 Å². The largest absolute Gasteiger partial charge is 0.477 e. The van der Waals surface area contributed by atoms with Crippen molar-refractivity contribution in [3.63, 3.8) is 0 Å².